The van der Waals surface area contributed by atoms with Gasteiger partial charge in [-0.3, -0.25) is 10.2 Å². The number of carbonyl (C=O) groups is 1. The predicted octanol–water partition coefficient (Wildman–Crippen LogP) is 2.47. The molecule has 0 fully saturated rings. The van der Waals surface area contributed by atoms with Crippen molar-refractivity contribution in [3.8, 4) is 0 Å². The molecule has 0 heterocycles. The van der Waals surface area contributed by atoms with Crippen LogP contribution >= 0.6 is 11.8 Å². The van der Waals surface area contributed by atoms with Gasteiger partial charge in [-0.15, -0.1) is 11.8 Å². The Hall–Kier alpha value is -1.07. The standard InChI is InChI=1S/C12H17FN2OS/c13-10-6-3-4-7-11(10)17-9-5-1-2-8-12(16)15-14/h3-4,6-7H,1-2,5,8-9,14H2,(H,15,16). The smallest absolute Gasteiger partial charge is 0.233 e. The molecule has 94 valence electrons. The number of carbonyl (C=O) groups excluding carboxylic acids is 1. The molecule has 0 aliphatic carbocycles. The van der Waals surface area contributed by atoms with Crippen LogP contribution in [0, 0.1) is 5.82 Å². The summed E-state index contributed by atoms with van der Waals surface area (Å²) in [5, 5.41) is 0. The van der Waals surface area contributed by atoms with Crippen LogP contribution in [-0.2, 0) is 4.79 Å². The summed E-state index contributed by atoms with van der Waals surface area (Å²) in [4.78, 5) is 11.5. The van der Waals surface area contributed by atoms with Crippen molar-refractivity contribution >= 4 is 17.7 Å². The van der Waals surface area contributed by atoms with Gasteiger partial charge >= 0.3 is 0 Å². The number of unbranched alkanes of at least 4 members (excludes halogenated alkanes) is 2. The van der Waals surface area contributed by atoms with E-state index in [-0.39, 0.29) is 11.7 Å². The molecule has 0 aliphatic heterocycles. The first kappa shape index (κ1) is 14.0. The van der Waals surface area contributed by atoms with Gasteiger partial charge in [-0.05, 0) is 30.7 Å². The number of nitrogens with one attached hydrogen (secondary N) is 1. The van der Waals surface area contributed by atoms with E-state index in [4.69, 9.17) is 5.84 Å². The first-order chi connectivity index (χ1) is 8.24. The monoisotopic (exact) mass is 256 g/mol. The SMILES string of the molecule is NNC(=O)CCCCCSc1ccccc1F. The summed E-state index contributed by atoms with van der Waals surface area (Å²) in [7, 11) is 0. The fraction of sp³-hybridized carbons (Fsp3) is 0.417. The number of hydrogen-bond donors (Lipinski definition) is 2. The molecule has 0 spiro atoms. The molecule has 1 rings (SSSR count). The Morgan fingerprint density at radius 2 is 2.06 bits per heavy atom. The Morgan fingerprint density at radius 3 is 2.76 bits per heavy atom. The number of benzene rings is 1. The third kappa shape index (κ3) is 5.70. The van der Waals surface area contributed by atoms with E-state index in [0.29, 0.717) is 11.3 Å². The van der Waals surface area contributed by atoms with Gasteiger partial charge < -0.3 is 0 Å². The Labute approximate surface area is 105 Å². The van der Waals surface area contributed by atoms with Crippen molar-refractivity contribution in [2.75, 3.05) is 5.75 Å². The van der Waals surface area contributed by atoms with Crippen molar-refractivity contribution in [3.05, 3.63) is 30.1 Å². The topological polar surface area (TPSA) is 55.1 Å². The molecule has 0 bridgehead atoms. The van der Waals surface area contributed by atoms with E-state index >= 15 is 0 Å². The highest BCUT2D eigenvalue weighted by Crippen LogP contribution is 2.22. The molecule has 1 aromatic rings. The van der Waals surface area contributed by atoms with Gasteiger partial charge in [0.25, 0.3) is 0 Å². The van der Waals surface area contributed by atoms with Crippen LogP contribution in [0.5, 0.6) is 0 Å². The van der Waals surface area contributed by atoms with E-state index in [2.05, 4.69) is 5.43 Å². The minimum Gasteiger partial charge on any atom is -0.294 e. The summed E-state index contributed by atoms with van der Waals surface area (Å²) in [6.45, 7) is 0. The molecule has 0 saturated carbocycles. The van der Waals surface area contributed by atoms with Crippen molar-refractivity contribution in [1.82, 2.24) is 5.43 Å². The van der Waals surface area contributed by atoms with Gasteiger partial charge in [-0.25, -0.2) is 10.2 Å². The third-order valence-corrected chi connectivity index (χ3v) is 3.44. The van der Waals surface area contributed by atoms with Gasteiger partial charge in [0, 0.05) is 11.3 Å². The molecule has 3 nitrogen and oxygen atoms in total. The Balaban J connectivity index is 2.09. The minimum absolute atomic E-state index is 0.133. The van der Waals surface area contributed by atoms with Gasteiger partial charge in [0.1, 0.15) is 5.82 Å². The lowest BCUT2D eigenvalue weighted by atomic mass is 10.2. The molecule has 0 atom stereocenters. The lowest BCUT2D eigenvalue weighted by Crippen LogP contribution is -2.29. The van der Waals surface area contributed by atoms with Crippen LogP contribution in [0.3, 0.4) is 0 Å². The van der Waals surface area contributed by atoms with Gasteiger partial charge in [0.05, 0.1) is 0 Å². The van der Waals surface area contributed by atoms with Crippen molar-refractivity contribution in [2.24, 2.45) is 5.84 Å². The number of rotatable bonds is 7. The average Bonchev–Trinajstić information content (AvgIpc) is 2.35. The van der Waals surface area contributed by atoms with Crippen LogP contribution in [-0.4, -0.2) is 11.7 Å². The summed E-state index contributed by atoms with van der Waals surface area (Å²) in [6, 6.07) is 6.76. The maximum absolute atomic E-state index is 13.2. The van der Waals surface area contributed by atoms with Crippen LogP contribution < -0.4 is 11.3 Å². The van der Waals surface area contributed by atoms with Gasteiger partial charge in [-0.1, -0.05) is 18.6 Å². The zero-order chi connectivity index (χ0) is 12.5. The number of amides is 1. The highest BCUT2D eigenvalue weighted by molar-refractivity contribution is 7.99. The van der Waals surface area contributed by atoms with Crippen molar-refractivity contribution in [3.63, 3.8) is 0 Å². The van der Waals surface area contributed by atoms with Crippen molar-refractivity contribution < 1.29 is 9.18 Å². The maximum Gasteiger partial charge on any atom is 0.233 e. The summed E-state index contributed by atoms with van der Waals surface area (Å²) >= 11 is 1.51. The van der Waals surface area contributed by atoms with Crippen LogP contribution in [0.1, 0.15) is 25.7 Å². The Morgan fingerprint density at radius 1 is 1.29 bits per heavy atom. The highest BCUT2D eigenvalue weighted by atomic mass is 32.2. The zero-order valence-electron chi connectivity index (χ0n) is 9.62. The molecule has 1 aromatic carbocycles. The number of halogens is 1. The first-order valence-corrected chi connectivity index (χ1v) is 6.59. The van der Waals surface area contributed by atoms with Gasteiger partial charge in [0.15, 0.2) is 0 Å². The second kappa shape index (κ2) is 8.08. The van der Waals surface area contributed by atoms with Crippen molar-refractivity contribution in [1.29, 1.82) is 0 Å². The molecule has 3 N–H and O–H groups in total. The molecule has 5 heteroatoms. The van der Waals surface area contributed by atoms with Crippen LogP contribution in [0.25, 0.3) is 0 Å². The fourth-order valence-electron chi connectivity index (χ4n) is 1.38. The van der Waals surface area contributed by atoms with Crippen LogP contribution in [0.15, 0.2) is 29.2 Å². The molecule has 1 amide bonds. The van der Waals surface area contributed by atoms with E-state index in [1.165, 1.54) is 17.8 Å². The summed E-state index contributed by atoms with van der Waals surface area (Å²) in [5.74, 6) is 5.53. The maximum atomic E-state index is 13.2. The lowest BCUT2D eigenvalue weighted by molar-refractivity contribution is -0.121. The summed E-state index contributed by atoms with van der Waals surface area (Å²) in [5.41, 5.74) is 2.10. The number of hydrogen-bond acceptors (Lipinski definition) is 3. The second-order valence-corrected chi connectivity index (χ2v) is 4.79. The third-order valence-electron chi connectivity index (χ3n) is 2.30. The molecule has 0 aromatic heterocycles. The first-order valence-electron chi connectivity index (χ1n) is 5.61. The minimum atomic E-state index is -0.167. The van der Waals surface area contributed by atoms with Crippen molar-refractivity contribution in [2.45, 2.75) is 30.6 Å². The molecule has 0 radical (unpaired) electrons. The van der Waals surface area contributed by atoms with E-state index < -0.39 is 0 Å². The molecular weight excluding hydrogens is 239 g/mol. The van der Waals surface area contributed by atoms with E-state index in [0.717, 1.165) is 25.0 Å². The number of nitrogens with two attached hydrogens (primary N) is 1. The van der Waals surface area contributed by atoms with Gasteiger partial charge in [0.2, 0.25) is 5.91 Å². The molecule has 0 unspecified atom stereocenters. The van der Waals surface area contributed by atoms with E-state index in [1.807, 2.05) is 6.07 Å². The second-order valence-electron chi connectivity index (χ2n) is 3.66. The predicted molar refractivity (Wildman–Crippen MR) is 67.9 cm³/mol. The van der Waals surface area contributed by atoms with Crippen LogP contribution in [0.2, 0.25) is 0 Å². The van der Waals surface area contributed by atoms with E-state index in [9.17, 15) is 9.18 Å². The highest BCUT2D eigenvalue weighted by Gasteiger charge is 2.01. The molecule has 0 saturated heterocycles. The molecule has 17 heavy (non-hydrogen) atoms. The van der Waals surface area contributed by atoms with E-state index in [1.54, 1.807) is 12.1 Å². The lowest BCUT2D eigenvalue weighted by Gasteiger charge is -2.03. The molecule has 0 aliphatic rings. The number of hydrazine groups is 1. The van der Waals surface area contributed by atoms with Gasteiger partial charge in [-0.2, -0.15) is 0 Å². The fourth-order valence-corrected chi connectivity index (χ4v) is 2.33. The zero-order valence-corrected chi connectivity index (χ0v) is 10.4. The largest absolute Gasteiger partial charge is 0.294 e. The number of thioether (sulfide) groups is 1. The molecular formula is C12H17FN2OS. The average molecular weight is 256 g/mol. The Kier molecular flexibility index (Phi) is 6.65. The quantitative estimate of drug-likeness (QED) is 0.259. The summed E-state index contributed by atoms with van der Waals surface area (Å²) < 4.78 is 13.2. The Bertz CT molecular complexity index is 360. The summed E-state index contributed by atoms with van der Waals surface area (Å²) in [6.07, 6.45) is 3.20. The normalized spacial score (nSPS) is 10.2. The van der Waals surface area contributed by atoms with Crippen LogP contribution in [0.4, 0.5) is 4.39 Å².